The molecule has 0 amide bonds. The van der Waals surface area contributed by atoms with Gasteiger partial charge in [0, 0.05) is 17.8 Å². The Kier molecular flexibility index (Phi) is 9.26. The molecule has 0 saturated heterocycles. The largest absolute Gasteiger partial charge is 0.389 e. The van der Waals surface area contributed by atoms with E-state index in [4.69, 9.17) is 4.74 Å². The molecule has 21 heavy (non-hydrogen) atoms. The maximum atomic E-state index is 10.1. The fraction of sp³-hybridized carbons (Fsp3) is 1.00. The first-order valence-corrected chi connectivity index (χ1v) is 9.85. The molecule has 0 aliphatic heterocycles. The van der Waals surface area contributed by atoms with Crippen molar-refractivity contribution < 1.29 is 9.84 Å². The molecule has 126 valence electrons. The van der Waals surface area contributed by atoms with Crippen LogP contribution in [0.5, 0.6) is 0 Å². The van der Waals surface area contributed by atoms with E-state index in [-0.39, 0.29) is 0 Å². The highest BCUT2D eigenvalue weighted by Gasteiger charge is 2.25. The summed E-state index contributed by atoms with van der Waals surface area (Å²) >= 11 is 1.93. The fourth-order valence-corrected chi connectivity index (χ4v) is 3.97. The van der Waals surface area contributed by atoms with E-state index in [1.54, 1.807) is 0 Å². The second-order valence-electron chi connectivity index (χ2n) is 6.51. The molecular weight excluding hydrogens is 282 g/mol. The van der Waals surface area contributed by atoms with Crippen LogP contribution < -0.4 is 5.32 Å². The van der Waals surface area contributed by atoms with Gasteiger partial charge in [0.1, 0.15) is 0 Å². The van der Waals surface area contributed by atoms with Crippen molar-refractivity contribution in [2.24, 2.45) is 5.92 Å². The standard InChI is InChI=1S/C17H35NO2S/c1-5-17(6-2,21-4)13-18-11-15(19)12-20-16-10-8-7-9-14(16)3/h14-16,18-19H,5-13H2,1-4H3. The third-order valence-corrected chi connectivity index (χ3v) is 6.67. The van der Waals surface area contributed by atoms with Crippen LogP contribution in [0, 0.1) is 5.92 Å². The van der Waals surface area contributed by atoms with E-state index in [0.717, 1.165) is 25.8 Å². The number of thioether (sulfide) groups is 1. The molecular formula is C17H35NO2S. The minimum Gasteiger partial charge on any atom is -0.389 e. The van der Waals surface area contributed by atoms with Gasteiger partial charge in [0.25, 0.3) is 0 Å². The summed E-state index contributed by atoms with van der Waals surface area (Å²) < 4.78 is 6.23. The monoisotopic (exact) mass is 317 g/mol. The molecule has 1 aliphatic carbocycles. The van der Waals surface area contributed by atoms with Gasteiger partial charge in [0.15, 0.2) is 0 Å². The normalized spacial score (nSPS) is 25.0. The van der Waals surface area contributed by atoms with E-state index < -0.39 is 6.10 Å². The summed E-state index contributed by atoms with van der Waals surface area (Å²) in [6.07, 6.45) is 9.47. The summed E-state index contributed by atoms with van der Waals surface area (Å²) in [6, 6.07) is 0. The molecule has 1 saturated carbocycles. The Hall–Kier alpha value is 0.230. The van der Waals surface area contributed by atoms with Crippen molar-refractivity contribution in [3.05, 3.63) is 0 Å². The zero-order valence-electron chi connectivity index (χ0n) is 14.4. The van der Waals surface area contributed by atoms with Gasteiger partial charge in [-0.1, -0.05) is 33.6 Å². The zero-order chi connectivity index (χ0) is 15.7. The van der Waals surface area contributed by atoms with Crippen LogP contribution in [0.25, 0.3) is 0 Å². The van der Waals surface area contributed by atoms with Gasteiger partial charge in [-0.25, -0.2) is 0 Å². The fourth-order valence-electron chi connectivity index (χ4n) is 3.15. The summed E-state index contributed by atoms with van der Waals surface area (Å²) in [5.74, 6) is 0.642. The van der Waals surface area contributed by atoms with E-state index >= 15 is 0 Å². The van der Waals surface area contributed by atoms with E-state index in [1.165, 1.54) is 19.3 Å². The lowest BCUT2D eigenvalue weighted by atomic mass is 9.88. The quantitative estimate of drug-likeness (QED) is 0.647. The molecule has 0 heterocycles. The highest BCUT2D eigenvalue weighted by Crippen LogP contribution is 2.29. The Morgan fingerprint density at radius 2 is 1.95 bits per heavy atom. The molecule has 4 heteroatoms. The Bertz CT molecular complexity index is 263. The summed E-state index contributed by atoms with van der Waals surface area (Å²) in [5, 5.41) is 13.5. The zero-order valence-corrected chi connectivity index (χ0v) is 15.2. The van der Waals surface area contributed by atoms with E-state index in [9.17, 15) is 5.11 Å². The van der Waals surface area contributed by atoms with Crippen LogP contribution in [0.2, 0.25) is 0 Å². The van der Waals surface area contributed by atoms with Crippen molar-refractivity contribution in [2.75, 3.05) is 26.0 Å². The Morgan fingerprint density at radius 3 is 2.52 bits per heavy atom. The topological polar surface area (TPSA) is 41.5 Å². The number of rotatable bonds is 10. The van der Waals surface area contributed by atoms with Crippen LogP contribution in [-0.4, -0.2) is 48.0 Å². The molecule has 3 unspecified atom stereocenters. The molecule has 0 spiro atoms. The van der Waals surface area contributed by atoms with Crippen molar-refractivity contribution in [2.45, 2.75) is 76.3 Å². The molecule has 3 nitrogen and oxygen atoms in total. The Balaban J connectivity index is 2.20. The molecule has 0 aromatic heterocycles. The average Bonchev–Trinajstić information content (AvgIpc) is 2.51. The molecule has 0 aromatic rings. The number of aliphatic hydroxyl groups is 1. The van der Waals surface area contributed by atoms with Crippen LogP contribution in [-0.2, 0) is 4.74 Å². The Labute approximate surface area is 135 Å². The minimum absolute atomic E-state index is 0.304. The third-order valence-electron chi connectivity index (χ3n) is 5.08. The molecule has 1 rings (SSSR count). The lowest BCUT2D eigenvalue weighted by Crippen LogP contribution is -2.41. The van der Waals surface area contributed by atoms with Gasteiger partial charge in [-0.15, -0.1) is 0 Å². The lowest BCUT2D eigenvalue weighted by molar-refractivity contribution is -0.0452. The highest BCUT2D eigenvalue weighted by molar-refractivity contribution is 8.00. The van der Waals surface area contributed by atoms with Crippen LogP contribution in [0.4, 0.5) is 0 Å². The van der Waals surface area contributed by atoms with Crippen molar-refractivity contribution in [3.63, 3.8) is 0 Å². The first kappa shape index (κ1) is 19.3. The maximum absolute atomic E-state index is 10.1. The van der Waals surface area contributed by atoms with Gasteiger partial charge in [-0.2, -0.15) is 11.8 Å². The van der Waals surface area contributed by atoms with E-state index in [0.29, 0.717) is 29.9 Å². The lowest BCUT2D eigenvalue weighted by Gasteiger charge is -2.31. The van der Waals surface area contributed by atoms with Gasteiger partial charge in [0.05, 0.1) is 18.8 Å². The van der Waals surface area contributed by atoms with Crippen LogP contribution >= 0.6 is 11.8 Å². The van der Waals surface area contributed by atoms with Gasteiger partial charge in [0.2, 0.25) is 0 Å². The third kappa shape index (κ3) is 6.47. The predicted octanol–water partition coefficient (Wildman–Crippen LogP) is 3.45. The second-order valence-corrected chi connectivity index (χ2v) is 7.79. The van der Waals surface area contributed by atoms with Crippen LogP contribution in [0.3, 0.4) is 0 Å². The maximum Gasteiger partial charge on any atom is 0.0897 e. The molecule has 0 bridgehead atoms. The molecule has 0 radical (unpaired) electrons. The number of hydrogen-bond acceptors (Lipinski definition) is 4. The first-order chi connectivity index (χ1) is 10.1. The number of aliphatic hydroxyl groups excluding tert-OH is 1. The number of hydrogen-bond donors (Lipinski definition) is 2. The van der Waals surface area contributed by atoms with Crippen LogP contribution in [0.15, 0.2) is 0 Å². The SMILES string of the molecule is CCC(CC)(CNCC(O)COC1CCCCC1C)SC. The second kappa shape index (κ2) is 10.1. The van der Waals surface area contributed by atoms with Gasteiger partial charge in [-0.3, -0.25) is 0 Å². The van der Waals surface area contributed by atoms with Gasteiger partial charge in [-0.05, 0) is 37.9 Å². The Morgan fingerprint density at radius 1 is 1.29 bits per heavy atom. The van der Waals surface area contributed by atoms with E-state index in [1.807, 2.05) is 11.8 Å². The summed E-state index contributed by atoms with van der Waals surface area (Å²) in [7, 11) is 0. The summed E-state index contributed by atoms with van der Waals surface area (Å²) in [6.45, 7) is 8.80. The number of ether oxygens (including phenoxy) is 1. The molecule has 0 aromatic carbocycles. The van der Waals surface area contributed by atoms with Gasteiger partial charge < -0.3 is 15.2 Å². The average molecular weight is 318 g/mol. The molecule has 2 N–H and O–H groups in total. The highest BCUT2D eigenvalue weighted by atomic mass is 32.2. The van der Waals surface area contributed by atoms with Crippen molar-refractivity contribution in [1.29, 1.82) is 0 Å². The minimum atomic E-state index is -0.396. The molecule has 1 fully saturated rings. The molecule has 1 aliphatic rings. The molecule has 3 atom stereocenters. The first-order valence-electron chi connectivity index (χ1n) is 8.62. The van der Waals surface area contributed by atoms with E-state index in [2.05, 4.69) is 32.3 Å². The number of nitrogens with one attached hydrogen (secondary N) is 1. The van der Waals surface area contributed by atoms with Gasteiger partial charge >= 0.3 is 0 Å². The van der Waals surface area contributed by atoms with Crippen molar-refractivity contribution in [3.8, 4) is 0 Å². The smallest absolute Gasteiger partial charge is 0.0897 e. The van der Waals surface area contributed by atoms with Crippen molar-refractivity contribution in [1.82, 2.24) is 5.32 Å². The predicted molar refractivity (Wildman–Crippen MR) is 93.1 cm³/mol. The van der Waals surface area contributed by atoms with Crippen LogP contribution in [0.1, 0.15) is 59.3 Å². The summed E-state index contributed by atoms with van der Waals surface area (Å²) in [5.41, 5.74) is 0. The summed E-state index contributed by atoms with van der Waals surface area (Å²) in [4.78, 5) is 0. The van der Waals surface area contributed by atoms with Crippen molar-refractivity contribution >= 4 is 11.8 Å².